The van der Waals surface area contributed by atoms with Crippen LogP contribution in [0, 0.1) is 0 Å². The topological polar surface area (TPSA) is 48.0 Å². The standard InChI is InChI=1S/C49H29N5/c1-3-14-30(15-4-1)47-50-48(31-16-5-2-6-17-31)52-49(51-47)38-26-27-43(33-19-8-7-18-32(33)38)53-41-24-11-10-21-35(41)39-28-40-37-23-13-22-36-34-20-9-12-25-42(34)54(46(36)37)45(40)29-44(39)53/h1-29H. The van der Waals surface area contributed by atoms with Crippen molar-refractivity contribution in [1.29, 1.82) is 0 Å². The predicted octanol–water partition coefficient (Wildman–Crippen LogP) is 12.3. The predicted molar refractivity (Wildman–Crippen MR) is 223 cm³/mol. The van der Waals surface area contributed by atoms with Crippen molar-refractivity contribution >= 4 is 70.7 Å². The molecule has 0 bridgehead atoms. The molecule has 250 valence electrons. The van der Waals surface area contributed by atoms with Crippen molar-refractivity contribution in [2.75, 3.05) is 0 Å². The van der Waals surface area contributed by atoms with E-state index in [0.717, 1.165) is 33.2 Å². The second-order valence-corrected chi connectivity index (χ2v) is 14.0. The number of hydrogen-bond acceptors (Lipinski definition) is 3. The van der Waals surface area contributed by atoms with Crippen LogP contribution < -0.4 is 0 Å². The van der Waals surface area contributed by atoms with E-state index >= 15 is 0 Å². The molecule has 0 unspecified atom stereocenters. The van der Waals surface area contributed by atoms with E-state index in [0.29, 0.717) is 17.5 Å². The fourth-order valence-corrected chi connectivity index (χ4v) is 8.75. The maximum atomic E-state index is 5.11. The van der Waals surface area contributed by atoms with Gasteiger partial charge in [0, 0.05) is 54.4 Å². The highest BCUT2D eigenvalue weighted by Crippen LogP contribution is 2.43. The molecule has 54 heavy (non-hydrogen) atoms. The van der Waals surface area contributed by atoms with Crippen LogP contribution in [0.4, 0.5) is 0 Å². The van der Waals surface area contributed by atoms with Gasteiger partial charge in [0.05, 0.1) is 33.3 Å². The normalized spacial score (nSPS) is 12.1. The van der Waals surface area contributed by atoms with E-state index in [-0.39, 0.29) is 0 Å². The molecule has 0 radical (unpaired) electrons. The van der Waals surface area contributed by atoms with Gasteiger partial charge in [0.25, 0.3) is 0 Å². The van der Waals surface area contributed by atoms with Gasteiger partial charge in [-0.05, 0) is 41.8 Å². The number of rotatable bonds is 4. The van der Waals surface area contributed by atoms with Gasteiger partial charge in [-0.25, -0.2) is 15.0 Å². The smallest absolute Gasteiger partial charge is 0.164 e. The lowest BCUT2D eigenvalue weighted by molar-refractivity contribution is 1.08. The van der Waals surface area contributed by atoms with Crippen molar-refractivity contribution in [3.8, 4) is 39.9 Å². The van der Waals surface area contributed by atoms with E-state index < -0.39 is 0 Å². The molecular formula is C49H29N5. The molecule has 0 atom stereocenters. The maximum Gasteiger partial charge on any atom is 0.164 e. The molecular weight excluding hydrogens is 659 g/mol. The SMILES string of the molecule is c1ccc(-c2nc(-c3ccccc3)nc(-c3ccc(-n4c5ccccc5c5cc6c7cccc8c9ccccc9n(c6cc54)c87)c4ccccc34)n2)cc1. The van der Waals surface area contributed by atoms with E-state index in [9.17, 15) is 0 Å². The quantitative estimate of drug-likeness (QED) is 0.185. The molecule has 0 fully saturated rings. The summed E-state index contributed by atoms with van der Waals surface area (Å²) in [6, 6.07) is 62.5. The van der Waals surface area contributed by atoms with Crippen molar-refractivity contribution < 1.29 is 0 Å². The molecule has 12 rings (SSSR count). The summed E-state index contributed by atoms with van der Waals surface area (Å²) >= 11 is 0. The first kappa shape index (κ1) is 29.2. The lowest BCUT2D eigenvalue weighted by Gasteiger charge is -2.15. The Kier molecular flexibility index (Phi) is 5.99. The van der Waals surface area contributed by atoms with Gasteiger partial charge in [-0.3, -0.25) is 0 Å². The van der Waals surface area contributed by atoms with Crippen LogP contribution in [0.25, 0.3) is 111 Å². The second-order valence-electron chi connectivity index (χ2n) is 14.0. The van der Waals surface area contributed by atoms with Crippen LogP contribution >= 0.6 is 0 Å². The molecule has 0 saturated carbocycles. The van der Waals surface area contributed by atoms with Crippen LogP contribution in [0.2, 0.25) is 0 Å². The minimum atomic E-state index is 0.645. The van der Waals surface area contributed by atoms with Crippen molar-refractivity contribution in [2.24, 2.45) is 0 Å². The first-order chi connectivity index (χ1) is 26.8. The van der Waals surface area contributed by atoms with Crippen LogP contribution in [-0.4, -0.2) is 23.9 Å². The molecule has 5 nitrogen and oxygen atoms in total. The van der Waals surface area contributed by atoms with Gasteiger partial charge in [-0.15, -0.1) is 0 Å². The van der Waals surface area contributed by atoms with Gasteiger partial charge >= 0.3 is 0 Å². The van der Waals surface area contributed by atoms with Gasteiger partial charge in [0.2, 0.25) is 0 Å². The van der Waals surface area contributed by atoms with Crippen molar-refractivity contribution in [3.63, 3.8) is 0 Å². The fraction of sp³-hybridized carbons (Fsp3) is 0. The van der Waals surface area contributed by atoms with Gasteiger partial charge in [0.15, 0.2) is 17.5 Å². The van der Waals surface area contributed by atoms with Crippen molar-refractivity contribution in [1.82, 2.24) is 23.9 Å². The Balaban J connectivity index is 1.14. The number of aromatic nitrogens is 5. The molecule has 4 heterocycles. The summed E-state index contributed by atoms with van der Waals surface area (Å²) in [6.07, 6.45) is 0. The third kappa shape index (κ3) is 4.06. The highest BCUT2D eigenvalue weighted by molar-refractivity contribution is 6.26. The number of nitrogens with zero attached hydrogens (tertiary/aromatic N) is 5. The Hall–Kier alpha value is -7.37. The molecule has 0 spiro atoms. The van der Waals surface area contributed by atoms with Crippen LogP contribution in [0.3, 0.4) is 0 Å². The van der Waals surface area contributed by atoms with E-state index in [1.54, 1.807) is 0 Å². The van der Waals surface area contributed by atoms with Crippen molar-refractivity contribution in [3.05, 3.63) is 176 Å². The summed E-state index contributed by atoms with van der Waals surface area (Å²) in [6.45, 7) is 0. The number of benzene rings is 8. The third-order valence-corrected chi connectivity index (χ3v) is 11.1. The Bertz CT molecular complexity index is 3370. The molecule has 8 aromatic carbocycles. The fourth-order valence-electron chi connectivity index (χ4n) is 8.75. The molecule has 0 saturated heterocycles. The van der Waals surface area contributed by atoms with Crippen LogP contribution in [0.5, 0.6) is 0 Å². The molecule has 0 N–H and O–H groups in total. The first-order valence-corrected chi connectivity index (χ1v) is 18.3. The molecule has 0 amide bonds. The van der Waals surface area contributed by atoms with E-state index in [1.165, 1.54) is 59.9 Å². The summed E-state index contributed by atoms with van der Waals surface area (Å²) < 4.78 is 4.91. The van der Waals surface area contributed by atoms with E-state index in [2.05, 4.69) is 124 Å². The molecule has 0 aliphatic carbocycles. The minimum absolute atomic E-state index is 0.645. The Morgan fingerprint density at radius 1 is 0.315 bits per heavy atom. The monoisotopic (exact) mass is 687 g/mol. The van der Waals surface area contributed by atoms with Crippen molar-refractivity contribution in [2.45, 2.75) is 0 Å². The van der Waals surface area contributed by atoms with Gasteiger partial charge in [0.1, 0.15) is 0 Å². The zero-order chi connectivity index (χ0) is 35.3. The van der Waals surface area contributed by atoms with Gasteiger partial charge in [-0.1, -0.05) is 140 Å². The Morgan fingerprint density at radius 2 is 0.833 bits per heavy atom. The highest BCUT2D eigenvalue weighted by atomic mass is 15.0. The van der Waals surface area contributed by atoms with Gasteiger partial charge in [-0.2, -0.15) is 0 Å². The maximum absolute atomic E-state index is 5.11. The molecule has 5 heteroatoms. The summed E-state index contributed by atoms with van der Waals surface area (Å²) in [7, 11) is 0. The molecule has 4 aromatic heterocycles. The average molecular weight is 688 g/mol. The lowest BCUT2D eigenvalue weighted by Crippen LogP contribution is -2.01. The molecule has 12 aromatic rings. The summed E-state index contributed by atoms with van der Waals surface area (Å²) in [5.41, 5.74) is 10.0. The number of hydrogen-bond donors (Lipinski definition) is 0. The lowest BCUT2D eigenvalue weighted by atomic mass is 10.0. The average Bonchev–Trinajstić information content (AvgIpc) is 3.88. The number of para-hydroxylation sites is 3. The van der Waals surface area contributed by atoms with E-state index in [4.69, 9.17) is 15.0 Å². The summed E-state index contributed by atoms with van der Waals surface area (Å²) in [5, 5.41) is 9.81. The van der Waals surface area contributed by atoms with Crippen LogP contribution in [0.15, 0.2) is 176 Å². The van der Waals surface area contributed by atoms with E-state index in [1.807, 2.05) is 60.7 Å². The largest absolute Gasteiger partial charge is 0.309 e. The first-order valence-electron chi connectivity index (χ1n) is 18.3. The highest BCUT2D eigenvalue weighted by Gasteiger charge is 2.22. The van der Waals surface area contributed by atoms with Gasteiger partial charge < -0.3 is 8.97 Å². The minimum Gasteiger partial charge on any atom is -0.309 e. The Morgan fingerprint density at radius 3 is 1.54 bits per heavy atom. The molecule has 0 aliphatic heterocycles. The number of fused-ring (bicyclic) bond motifs is 10. The third-order valence-electron chi connectivity index (χ3n) is 11.1. The Labute approximate surface area is 309 Å². The summed E-state index contributed by atoms with van der Waals surface area (Å²) in [4.78, 5) is 15.2. The second kappa shape index (κ2) is 11.1. The zero-order valence-electron chi connectivity index (χ0n) is 29.0. The van der Waals surface area contributed by atoms with Crippen LogP contribution in [-0.2, 0) is 0 Å². The summed E-state index contributed by atoms with van der Waals surface area (Å²) in [5.74, 6) is 1.94. The van der Waals surface area contributed by atoms with Crippen LogP contribution in [0.1, 0.15) is 0 Å². The zero-order valence-corrected chi connectivity index (χ0v) is 29.0. The molecule has 0 aliphatic rings.